The molecule has 0 amide bonds. The van der Waals surface area contributed by atoms with E-state index in [0.29, 0.717) is 12.0 Å². The first-order valence-corrected chi connectivity index (χ1v) is 8.71. The Morgan fingerprint density at radius 3 is 2.48 bits per heavy atom. The van der Waals surface area contributed by atoms with Crippen LogP contribution in [0.2, 0.25) is 0 Å². The van der Waals surface area contributed by atoms with Crippen LogP contribution in [-0.4, -0.2) is 25.5 Å². The SMILES string of the molecule is O=c1[nH]c(=O)n(CC=CCP(=O)(O)O)cc1Cc1ccccc1. The number of benzene rings is 1. The van der Waals surface area contributed by atoms with Crippen LogP contribution in [0.25, 0.3) is 0 Å². The fourth-order valence-corrected chi connectivity index (χ4v) is 2.46. The van der Waals surface area contributed by atoms with Gasteiger partial charge < -0.3 is 9.79 Å². The Bertz CT molecular complexity index is 848. The molecule has 0 radical (unpaired) electrons. The van der Waals surface area contributed by atoms with Crippen molar-refractivity contribution in [1.29, 1.82) is 0 Å². The quantitative estimate of drug-likeness (QED) is 0.535. The summed E-state index contributed by atoms with van der Waals surface area (Å²) in [6, 6.07) is 9.37. The average molecular weight is 336 g/mol. The van der Waals surface area contributed by atoms with E-state index >= 15 is 0 Å². The Morgan fingerprint density at radius 1 is 1.13 bits per heavy atom. The third-order valence-corrected chi connectivity index (χ3v) is 3.82. The Kier molecular flexibility index (Phi) is 5.50. The first kappa shape index (κ1) is 17.1. The van der Waals surface area contributed by atoms with Crippen molar-refractivity contribution >= 4 is 7.60 Å². The van der Waals surface area contributed by atoms with Crippen molar-refractivity contribution in [1.82, 2.24) is 9.55 Å². The molecule has 0 saturated heterocycles. The lowest BCUT2D eigenvalue weighted by Crippen LogP contribution is -2.31. The van der Waals surface area contributed by atoms with Crippen molar-refractivity contribution < 1.29 is 14.4 Å². The summed E-state index contributed by atoms with van der Waals surface area (Å²) < 4.78 is 12.0. The van der Waals surface area contributed by atoms with Crippen molar-refractivity contribution in [2.75, 3.05) is 6.16 Å². The second kappa shape index (κ2) is 7.37. The molecule has 0 atom stereocenters. The van der Waals surface area contributed by atoms with Gasteiger partial charge in [0.15, 0.2) is 0 Å². The Hall–Kier alpha value is -2.21. The van der Waals surface area contributed by atoms with Crippen molar-refractivity contribution in [2.45, 2.75) is 13.0 Å². The fraction of sp³-hybridized carbons (Fsp3) is 0.200. The van der Waals surface area contributed by atoms with Crippen LogP contribution in [0.5, 0.6) is 0 Å². The molecule has 2 rings (SSSR count). The molecule has 0 aliphatic carbocycles. The van der Waals surface area contributed by atoms with E-state index in [1.165, 1.54) is 22.9 Å². The van der Waals surface area contributed by atoms with Gasteiger partial charge in [-0.05, 0) is 5.56 Å². The zero-order valence-electron chi connectivity index (χ0n) is 12.3. The molecule has 23 heavy (non-hydrogen) atoms. The molecular formula is C15H17N2O5P. The van der Waals surface area contributed by atoms with Crippen molar-refractivity contribution in [3.63, 3.8) is 0 Å². The van der Waals surface area contributed by atoms with E-state index in [9.17, 15) is 14.2 Å². The Labute approximate surface area is 132 Å². The molecule has 7 nitrogen and oxygen atoms in total. The average Bonchev–Trinajstić information content (AvgIpc) is 2.48. The zero-order valence-corrected chi connectivity index (χ0v) is 13.1. The summed E-state index contributed by atoms with van der Waals surface area (Å²) in [4.78, 5) is 43.4. The van der Waals surface area contributed by atoms with Gasteiger partial charge in [-0.1, -0.05) is 42.5 Å². The summed E-state index contributed by atoms with van der Waals surface area (Å²) >= 11 is 0. The van der Waals surface area contributed by atoms with Gasteiger partial charge in [-0.25, -0.2) is 4.79 Å². The summed E-state index contributed by atoms with van der Waals surface area (Å²) in [7, 11) is -4.09. The normalized spacial score (nSPS) is 11.9. The van der Waals surface area contributed by atoms with Gasteiger partial charge in [0, 0.05) is 24.7 Å². The lowest BCUT2D eigenvalue weighted by atomic mass is 10.1. The Morgan fingerprint density at radius 2 is 1.83 bits per heavy atom. The van der Waals surface area contributed by atoms with Crippen molar-refractivity contribution in [3.05, 3.63) is 80.6 Å². The van der Waals surface area contributed by atoms with Crippen LogP contribution in [0, 0.1) is 0 Å². The topological polar surface area (TPSA) is 112 Å². The summed E-state index contributed by atoms with van der Waals surface area (Å²) in [6.45, 7) is 0.122. The number of nitrogens with one attached hydrogen (secondary N) is 1. The van der Waals surface area contributed by atoms with Crippen LogP contribution >= 0.6 is 7.60 Å². The highest BCUT2D eigenvalue weighted by Crippen LogP contribution is 2.33. The lowest BCUT2D eigenvalue weighted by molar-refractivity contribution is 0.377. The van der Waals surface area contributed by atoms with E-state index in [4.69, 9.17) is 9.79 Å². The number of hydrogen-bond donors (Lipinski definition) is 3. The summed E-state index contributed by atoms with van der Waals surface area (Å²) in [5.41, 5.74) is 0.390. The van der Waals surface area contributed by atoms with Gasteiger partial charge in [-0.3, -0.25) is 18.9 Å². The summed E-state index contributed by atoms with van der Waals surface area (Å²) in [5.74, 6) is 0. The minimum absolute atomic E-state index is 0.122. The van der Waals surface area contributed by atoms with Gasteiger partial charge in [-0.2, -0.15) is 0 Å². The molecule has 0 aliphatic heterocycles. The highest BCUT2D eigenvalue weighted by molar-refractivity contribution is 7.51. The minimum atomic E-state index is -4.09. The van der Waals surface area contributed by atoms with E-state index in [1.807, 2.05) is 30.3 Å². The van der Waals surface area contributed by atoms with Crippen LogP contribution in [0.3, 0.4) is 0 Å². The highest BCUT2D eigenvalue weighted by Gasteiger charge is 2.09. The molecule has 0 spiro atoms. The third kappa shape index (κ3) is 5.49. The van der Waals surface area contributed by atoms with Gasteiger partial charge in [0.05, 0.1) is 6.16 Å². The number of H-pyrrole nitrogens is 1. The molecule has 3 N–H and O–H groups in total. The number of aromatic nitrogens is 2. The molecule has 0 fully saturated rings. The molecule has 0 aliphatic rings. The fourth-order valence-electron chi connectivity index (χ4n) is 2.03. The molecule has 1 aromatic heterocycles. The van der Waals surface area contributed by atoms with Crippen LogP contribution in [-0.2, 0) is 17.5 Å². The molecule has 2 aromatic rings. The highest BCUT2D eigenvalue weighted by atomic mass is 31.2. The molecule has 122 valence electrons. The van der Waals surface area contributed by atoms with Gasteiger partial charge in [0.25, 0.3) is 5.56 Å². The maximum Gasteiger partial charge on any atom is 0.329 e. The molecule has 0 saturated carbocycles. The standard InChI is InChI=1S/C15H17N2O5P/c18-14-13(10-12-6-2-1-3-7-12)11-17(15(19)16-14)8-4-5-9-23(20,21)22/h1-7,11H,8-10H2,(H,16,18,19)(H2,20,21,22). The van der Waals surface area contributed by atoms with Crippen LogP contribution in [0.1, 0.15) is 11.1 Å². The maximum atomic E-state index is 11.9. The van der Waals surface area contributed by atoms with E-state index in [0.717, 1.165) is 5.56 Å². The molecule has 1 aromatic carbocycles. The smallest absolute Gasteiger partial charge is 0.324 e. The minimum Gasteiger partial charge on any atom is -0.324 e. The predicted molar refractivity (Wildman–Crippen MR) is 86.6 cm³/mol. The second-order valence-corrected chi connectivity index (χ2v) is 6.74. The van der Waals surface area contributed by atoms with Gasteiger partial charge in [0.2, 0.25) is 0 Å². The molecule has 1 heterocycles. The monoisotopic (exact) mass is 336 g/mol. The van der Waals surface area contributed by atoms with E-state index in [2.05, 4.69) is 4.98 Å². The Balaban J connectivity index is 2.18. The molecule has 0 unspecified atom stereocenters. The third-order valence-electron chi connectivity index (χ3n) is 3.13. The summed E-state index contributed by atoms with van der Waals surface area (Å²) in [5, 5.41) is 0. The van der Waals surface area contributed by atoms with Gasteiger partial charge in [-0.15, -0.1) is 0 Å². The molecule has 0 bridgehead atoms. The number of allylic oxidation sites excluding steroid dienone is 2. The second-order valence-electron chi connectivity index (χ2n) is 5.05. The maximum absolute atomic E-state index is 11.9. The van der Waals surface area contributed by atoms with Crippen LogP contribution in [0.4, 0.5) is 0 Å². The zero-order chi connectivity index (χ0) is 16.9. The van der Waals surface area contributed by atoms with Crippen LogP contribution in [0.15, 0.2) is 58.3 Å². The van der Waals surface area contributed by atoms with E-state index in [-0.39, 0.29) is 12.7 Å². The van der Waals surface area contributed by atoms with Crippen molar-refractivity contribution in [2.24, 2.45) is 0 Å². The van der Waals surface area contributed by atoms with E-state index in [1.54, 1.807) is 0 Å². The van der Waals surface area contributed by atoms with Gasteiger partial charge >= 0.3 is 13.3 Å². The van der Waals surface area contributed by atoms with Crippen LogP contribution < -0.4 is 11.2 Å². The largest absolute Gasteiger partial charge is 0.329 e. The molecular weight excluding hydrogens is 319 g/mol. The first-order valence-electron chi connectivity index (χ1n) is 6.91. The van der Waals surface area contributed by atoms with Crippen molar-refractivity contribution in [3.8, 4) is 0 Å². The van der Waals surface area contributed by atoms with Gasteiger partial charge in [0.1, 0.15) is 0 Å². The predicted octanol–water partition coefficient (Wildman–Crippen LogP) is 0.861. The molecule has 8 heteroatoms. The number of hydrogen-bond acceptors (Lipinski definition) is 3. The number of rotatable bonds is 6. The number of nitrogens with zero attached hydrogens (tertiary/aromatic N) is 1. The number of aromatic amines is 1. The van der Waals surface area contributed by atoms with E-state index < -0.39 is 18.8 Å². The lowest BCUT2D eigenvalue weighted by Gasteiger charge is -2.06. The first-order chi connectivity index (χ1) is 10.8. The summed E-state index contributed by atoms with van der Waals surface area (Å²) in [6.07, 6.45) is 4.26.